The normalized spacial score (nSPS) is 11.5. The van der Waals surface area contributed by atoms with Crippen molar-refractivity contribution in [3.63, 3.8) is 0 Å². The lowest BCUT2D eigenvalue weighted by Crippen LogP contribution is -2.41. The number of amides is 1. The molecular weight excluding hydrogens is 297 g/mol. The summed E-state index contributed by atoms with van der Waals surface area (Å²) in [5.74, 6) is -4.39. The summed E-state index contributed by atoms with van der Waals surface area (Å²) in [7, 11) is 0. The third kappa shape index (κ3) is 3.28. The molecule has 0 spiro atoms. The number of para-hydroxylation sites is 1. The number of hydrogen-bond donors (Lipinski definition) is 2. The average Bonchev–Trinajstić information content (AvgIpc) is 2.87. The fourth-order valence-electron chi connectivity index (χ4n) is 1.88. The SMILES string of the molecule is Cc1c(C(=O)NCC(F)(F)CN)cnn1-c1ccccc1F. The lowest BCUT2D eigenvalue weighted by atomic mass is 10.2. The number of benzene rings is 1. The minimum atomic E-state index is -3.18. The highest BCUT2D eigenvalue weighted by Crippen LogP contribution is 2.17. The monoisotopic (exact) mass is 312 g/mol. The van der Waals surface area contributed by atoms with Gasteiger partial charge in [0.15, 0.2) is 0 Å². The van der Waals surface area contributed by atoms with Crippen LogP contribution < -0.4 is 11.1 Å². The maximum absolute atomic E-state index is 13.7. The van der Waals surface area contributed by atoms with Gasteiger partial charge in [0.2, 0.25) is 0 Å². The molecule has 2 aromatic rings. The zero-order chi connectivity index (χ0) is 16.3. The molecule has 22 heavy (non-hydrogen) atoms. The maximum atomic E-state index is 13.7. The van der Waals surface area contributed by atoms with Crippen molar-refractivity contribution in [3.05, 3.63) is 47.5 Å². The lowest BCUT2D eigenvalue weighted by molar-refractivity contribution is 0.0118. The van der Waals surface area contributed by atoms with E-state index in [1.54, 1.807) is 13.0 Å². The summed E-state index contributed by atoms with van der Waals surface area (Å²) in [6.07, 6.45) is 1.21. The van der Waals surface area contributed by atoms with Crippen molar-refractivity contribution in [1.29, 1.82) is 0 Å². The second-order valence-electron chi connectivity index (χ2n) is 4.75. The second kappa shape index (κ2) is 6.18. The van der Waals surface area contributed by atoms with Gasteiger partial charge in [-0.2, -0.15) is 5.10 Å². The van der Waals surface area contributed by atoms with Crippen molar-refractivity contribution in [3.8, 4) is 5.69 Å². The Kier molecular flexibility index (Phi) is 4.51. The van der Waals surface area contributed by atoms with Crippen LogP contribution in [0.2, 0.25) is 0 Å². The number of carbonyl (C=O) groups excluding carboxylic acids is 1. The van der Waals surface area contributed by atoms with E-state index < -0.39 is 30.7 Å². The van der Waals surface area contributed by atoms with Crippen molar-refractivity contribution in [2.75, 3.05) is 13.1 Å². The fourth-order valence-corrected chi connectivity index (χ4v) is 1.88. The molecule has 0 unspecified atom stereocenters. The number of nitrogens with one attached hydrogen (secondary N) is 1. The van der Waals surface area contributed by atoms with Crippen LogP contribution in [0.4, 0.5) is 13.2 Å². The first-order valence-electron chi connectivity index (χ1n) is 6.51. The van der Waals surface area contributed by atoms with Crippen LogP contribution in [-0.2, 0) is 0 Å². The Morgan fingerprint density at radius 3 is 2.73 bits per heavy atom. The summed E-state index contributed by atoms with van der Waals surface area (Å²) in [6.45, 7) is -0.178. The summed E-state index contributed by atoms with van der Waals surface area (Å²) in [5.41, 5.74) is 5.51. The maximum Gasteiger partial charge on any atom is 0.277 e. The van der Waals surface area contributed by atoms with E-state index in [0.29, 0.717) is 5.69 Å². The first kappa shape index (κ1) is 16.0. The molecular formula is C14H15F3N4O. The van der Waals surface area contributed by atoms with Crippen LogP contribution in [0.15, 0.2) is 30.5 Å². The van der Waals surface area contributed by atoms with Crippen molar-refractivity contribution in [2.24, 2.45) is 5.73 Å². The van der Waals surface area contributed by atoms with E-state index in [2.05, 4.69) is 10.4 Å². The van der Waals surface area contributed by atoms with Gasteiger partial charge >= 0.3 is 0 Å². The number of nitrogens with two attached hydrogens (primary N) is 1. The number of carbonyl (C=O) groups is 1. The number of alkyl halides is 2. The molecule has 0 fully saturated rings. The Bertz CT molecular complexity index is 684. The van der Waals surface area contributed by atoms with Crippen LogP contribution >= 0.6 is 0 Å². The highest BCUT2D eigenvalue weighted by Gasteiger charge is 2.28. The second-order valence-corrected chi connectivity index (χ2v) is 4.75. The molecule has 0 bridgehead atoms. The van der Waals surface area contributed by atoms with Gasteiger partial charge in [-0.05, 0) is 19.1 Å². The van der Waals surface area contributed by atoms with E-state index in [1.165, 1.54) is 29.1 Å². The quantitative estimate of drug-likeness (QED) is 0.881. The van der Waals surface area contributed by atoms with E-state index in [9.17, 15) is 18.0 Å². The molecule has 0 atom stereocenters. The van der Waals surface area contributed by atoms with Crippen LogP contribution in [-0.4, -0.2) is 34.7 Å². The van der Waals surface area contributed by atoms with Gasteiger partial charge < -0.3 is 11.1 Å². The van der Waals surface area contributed by atoms with Crippen LogP contribution in [0, 0.1) is 12.7 Å². The third-order valence-electron chi connectivity index (χ3n) is 3.14. The highest BCUT2D eigenvalue weighted by molar-refractivity contribution is 5.95. The number of nitrogens with zero attached hydrogens (tertiary/aromatic N) is 2. The Labute approximate surface area is 124 Å². The first-order valence-corrected chi connectivity index (χ1v) is 6.51. The van der Waals surface area contributed by atoms with Crippen LogP contribution in [0.25, 0.3) is 5.69 Å². The Morgan fingerprint density at radius 1 is 1.41 bits per heavy atom. The molecule has 2 rings (SSSR count). The molecule has 0 saturated heterocycles. The summed E-state index contributed by atoms with van der Waals surface area (Å²) in [6, 6.07) is 5.92. The van der Waals surface area contributed by atoms with Crippen molar-refractivity contribution < 1.29 is 18.0 Å². The minimum absolute atomic E-state index is 0.0936. The van der Waals surface area contributed by atoms with Crippen molar-refractivity contribution >= 4 is 5.91 Å². The van der Waals surface area contributed by atoms with Gasteiger partial charge in [0, 0.05) is 0 Å². The van der Waals surface area contributed by atoms with Gasteiger partial charge in [-0.25, -0.2) is 17.9 Å². The van der Waals surface area contributed by atoms with Gasteiger partial charge in [-0.3, -0.25) is 4.79 Å². The van der Waals surface area contributed by atoms with E-state index in [0.717, 1.165) is 0 Å². The molecule has 1 aromatic heterocycles. The van der Waals surface area contributed by atoms with E-state index in [-0.39, 0.29) is 11.3 Å². The first-order chi connectivity index (χ1) is 10.4. The molecule has 5 nitrogen and oxygen atoms in total. The molecule has 0 saturated carbocycles. The number of halogens is 3. The Balaban J connectivity index is 2.21. The minimum Gasteiger partial charge on any atom is -0.346 e. The van der Waals surface area contributed by atoms with Gasteiger partial charge in [0.1, 0.15) is 11.5 Å². The topological polar surface area (TPSA) is 72.9 Å². The zero-order valence-electron chi connectivity index (χ0n) is 11.8. The lowest BCUT2D eigenvalue weighted by Gasteiger charge is -2.14. The molecule has 0 radical (unpaired) electrons. The van der Waals surface area contributed by atoms with E-state index in [1.807, 2.05) is 0 Å². The molecule has 8 heteroatoms. The van der Waals surface area contributed by atoms with Crippen LogP contribution in [0.5, 0.6) is 0 Å². The third-order valence-corrected chi connectivity index (χ3v) is 3.14. The van der Waals surface area contributed by atoms with Crippen molar-refractivity contribution in [1.82, 2.24) is 15.1 Å². The molecule has 118 valence electrons. The molecule has 0 aliphatic carbocycles. The largest absolute Gasteiger partial charge is 0.346 e. The molecule has 1 heterocycles. The number of rotatable bonds is 5. The zero-order valence-corrected chi connectivity index (χ0v) is 11.8. The molecule has 0 aliphatic rings. The van der Waals surface area contributed by atoms with Gasteiger partial charge in [0.25, 0.3) is 11.8 Å². The summed E-state index contributed by atoms with van der Waals surface area (Å²) in [5, 5.41) is 6.03. The summed E-state index contributed by atoms with van der Waals surface area (Å²) in [4.78, 5) is 11.9. The van der Waals surface area contributed by atoms with Crippen LogP contribution in [0.3, 0.4) is 0 Å². The molecule has 1 aromatic carbocycles. The van der Waals surface area contributed by atoms with Gasteiger partial charge in [-0.1, -0.05) is 12.1 Å². The molecule has 1 amide bonds. The average molecular weight is 312 g/mol. The molecule has 0 aliphatic heterocycles. The van der Waals surface area contributed by atoms with Gasteiger partial charge in [-0.15, -0.1) is 0 Å². The Hall–Kier alpha value is -2.35. The number of aromatic nitrogens is 2. The Morgan fingerprint density at radius 2 is 2.09 bits per heavy atom. The predicted octanol–water partition coefficient (Wildman–Crippen LogP) is 1.64. The van der Waals surface area contributed by atoms with Crippen molar-refractivity contribution in [2.45, 2.75) is 12.8 Å². The summed E-state index contributed by atoms with van der Waals surface area (Å²) < 4.78 is 41.1. The molecule has 3 N–H and O–H groups in total. The van der Waals surface area contributed by atoms with E-state index >= 15 is 0 Å². The van der Waals surface area contributed by atoms with Crippen LogP contribution in [0.1, 0.15) is 16.1 Å². The summed E-state index contributed by atoms with van der Waals surface area (Å²) >= 11 is 0. The fraction of sp³-hybridized carbons (Fsp3) is 0.286. The van der Waals surface area contributed by atoms with E-state index in [4.69, 9.17) is 5.73 Å². The van der Waals surface area contributed by atoms with Gasteiger partial charge in [0.05, 0.1) is 30.5 Å². The highest BCUT2D eigenvalue weighted by atomic mass is 19.3. The smallest absolute Gasteiger partial charge is 0.277 e. The standard InChI is InChI=1S/C14H15F3N4O/c1-9-10(13(22)19-8-14(16,17)7-18)6-20-21(9)12-5-3-2-4-11(12)15/h2-6H,7-8,18H2,1H3,(H,19,22). The number of hydrogen-bond acceptors (Lipinski definition) is 3. The predicted molar refractivity (Wildman–Crippen MR) is 74.6 cm³/mol.